The lowest BCUT2D eigenvalue weighted by Crippen LogP contribution is -2.52. The lowest BCUT2D eigenvalue weighted by Gasteiger charge is -2.39. The Bertz CT molecular complexity index is 813. The fraction of sp³-hybridized carbons (Fsp3) is 0.435. The van der Waals surface area contributed by atoms with Gasteiger partial charge in [-0.25, -0.2) is 0 Å². The van der Waals surface area contributed by atoms with Gasteiger partial charge in [0, 0.05) is 43.6 Å². The van der Waals surface area contributed by atoms with Gasteiger partial charge in [0.15, 0.2) is 0 Å². The van der Waals surface area contributed by atoms with Gasteiger partial charge >= 0.3 is 0 Å². The van der Waals surface area contributed by atoms with Crippen molar-refractivity contribution < 1.29 is 9.53 Å². The number of aryl methyl sites for hydroxylation is 1. The number of nitrogens with zero attached hydrogens (tertiary/aromatic N) is 3. The van der Waals surface area contributed by atoms with Crippen LogP contribution < -0.4 is 14.5 Å². The number of hydrogen-bond acceptors (Lipinski definition) is 4. The second-order valence-electron chi connectivity index (χ2n) is 7.74. The summed E-state index contributed by atoms with van der Waals surface area (Å²) < 4.78 is 5.24. The van der Waals surface area contributed by atoms with Crippen molar-refractivity contribution in [3.63, 3.8) is 0 Å². The summed E-state index contributed by atoms with van der Waals surface area (Å²) in [6.45, 7) is 6.34. The Labute approximate surface area is 167 Å². The van der Waals surface area contributed by atoms with E-state index in [1.54, 1.807) is 7.11 Å². The number of anilines is 2. The smallest absolute Gasteiger partial charge is 0.241 e. The van der Waals surface area contributed by atoms with E-state index in [9.17, 15) is 4.79 Å². The van der Waals surface area contributed by atoms with E-state index in [0.29, 0.717) is 6.54 Å². The number of benzene rings is 2. The van der Waals surface area contributed by atoms with Crippen LogP contribution >= 0.6 is 0 Å². The fourth-order valence-electron chi connectivity index (χ4n) is 4.29. The molecule has 5 nitrogen and oxygen atoms in total. The van der Waals surface area contributed by atoms with Crippen LogP contribution in [-0.2, 0) is 11.2 Å². The first kappa shape index (κ1) is 18.8. The molecule has 1 fully saturated rings. The van der Waals surface area contributed by atoms with Gasteiger partial charge in [0.2, 0.25) is 5.91 Å². The van der Waals surface area contributed by atoms with Gasteiger partial charge in [-0.05, 0) is 55.7 Å². The number of carbonyl (C=O) groups is 1. The Kier molecular flexibility index (Phi) is 5.53. The van der Waals surface area contributed by atoms with Crippen LogP contribution in [0.5, 0.6) is 5.75 Å². The third-order valence-electron chi connectivity index (χ3n) is 5.96. The molecule has 5 heteroatoms. The highest BCUT2D eigenvalue weighted by Crippen LogP contribution is 2.30. The average Bonchev–Trinajstić information content (AvgIpc) is 2.74. The number of carbonyl (C=O) groups excluding carboxylic acids is 1. The molecule has 1 amide bonds. The Morgan fingerprint density at radius 2 is 1.75 bits per heavy atom. The van der Waals surface area contributed by atoms with Crippen LogP contribution in [0.2, 0.25) is 0 Å². The molecule has 148 valence electrons. The predicted octanol–water partition coefficient (Wildman–Crippen LogP) is 3.19. The van der Waals surface area contributed by atoms with E-state index in [4.69, 9.17) is 4.74 Å². The maximum Gasteiger partial charge on any atom is 0.241 e. The van der Waals surface area contributed by atoms with Crippen LogP contribution in [0.4, 0.5) is 11.4 Å². The quantitative estimate of drug-likeness (QED) is 0.817. The SMILES string of the molecule is COc1ccc(N2CCN(CC(=O)N3c4ccccc4CCC3C)CC2)cc1. The third kappa shape index (κ3) is 3.85. The average molecular weight is 380 g/mol. The van der Waals surface area contributed by atoms with Crippen LogP contribution in [0, 0.1) is 0 Å². The van der Waals surface area contributed by atoms with Crippen molar-refractivity contribution in [3.8, 4) is 5.75 Å². The number of ether oxygens (including phenoxy) is 1. The molecular weight excluding hydrogens is 350 g/mol. The molecule has 1 unspecified atom stereocenters. The number of hydrogen-bond donors (Lipinski definition) is 0. The van der Waals surface area contributed by atoms with Crippen molar-refractivity contribution >= 4 is 17.3 Å². The van der Waals surface area contributed by atoms with Crippen LogP contribution in [0.15, 0.2) is 48.5 Å². The van der Waals surface area contributed by atoms with Gasteiger partial charge in [-0.2, -0.15) is 0 Å². The lowest BCUT2D eigenvalue weighted by molar-refractivity contribution is -0.120. The number of methoxy groups -OCH3 is 1. The van der Waals surface area contributed by atoms with E-state index >= 15 is 0 Å². The van der Waals surface area contributed by atoms with Crippen LogP contribution in [0.25, 0.3) is 0 Å². The number of fused-ring (bicyclic) bond motifs is 1. The zero-order valence-corrected chi connectivity index (χ0v) is 16.8. The standard InChI is InChI=1S/C23H29N3O2/c1-18-7-8-19-5-3-4-6-22(19)26(18)23(27)17-24-13-15-25(16-14-24)20-9-11-21(28-2)12-10-20/h3-6,9-12,18H,7-8,13-17H2,1-2H3. The van der Waals surface area contributed by atoms with Crippen molar-refractivity contribution in [1.82, 2.24) is 4.90 Å². The molecule has 0 aliphatic carbocycles. The number of rotatable bonds is 4. The molecule has 1 atom stereocenters. The minimum Gasteiger partial charge on any atom is -0.497 e. The normalized spacial score (nSPS) is 20.0. The molecular formula is C23H29N3O2. The molecule has 2 aromatic carbocycles. The third-order valence-corrected chi connectivity index (χ3v) is 5.96. The molecule has 4 rings (SSSR count). The number of piperazine rings is 1. The fourth-order valence-corrected chi connectivity index (χ4v) is 4.29. The van der Waals surface area contributed by atoms with E-state index in [1.165, 1.54) is 11.3 Å². The maximum absolute atomic E-state index is 13.1. The summed E-state index contributed by atoms with van der Waals surface area (Å²) in [5.74, 6) is 1.10. The van der Waals surface area contributed by atoms with E-state index < -0.39 is 0 Å². The highest BCUT2D eigenvalue weighted by molar-refractivity contribution is 5.96. The Hall–Kier alpha value is -2.53. The summed E-state index contributed by atoms with van der Waals surface area (Å²) in [6.07, 6.45) is 2.09. The maximum atomic E-state index is 13.1. The summed E-state index contributed by atoms with van der Waals surface area (Å²) in [5, 5.41) is 0. The van der Waals surface area contributed by atoms with Crippen molar-refractivity contribution in [1.29, 1.82) is 0 Å². The van der Waals surface area contributed by atoms with Crippen LogP contribution in [0.3, 0.4) is 0 Å². The number of para-hydroxylation sites is 1. The Morgan fingerprint density at radius 3 is 2.46 bits per heavy atom. The highest BCUT2D eigenvalue weighted by atomic mass is 16.5. The minimum atomic E-state index is 0.220. The molecule has 2 aromatic rings. The lowest BCUT2D eigenvalue weighted by atomic mass is 9.96. The van der Waals surface area contributed by atoms with Gasteiger partial charge < -0.3 is 14.5 Å². The molecule has 0 bridgehead atoms. The van der Waals surface area contributed by atoms with Crippen molar-refractivity contribution in [2.75, 3.05) is 49.6 Å². The van der Waals surface area contributed by atoms with Crippen LogP contribution in [0.1, 0.15) is 18.9 Å². The number of amides is 1. The Balaban J connectivity index is 1.36. The van der Waals surface area contributed by atoms with E-state index in [1.807, 2.05) is 23.1 Å². The molecule has 0 N–H and O–H groups in total. The summed E-state index contributed by atoms with van der Waals surface area (Å²) in [4.78, 5) is 19.8. The summed E-state index contributed by atoms with van der Waals surface area (Å²) in [6, 6.07) is 16.8. The molecule has 0 saturated carbocycles. The summed E-state index contributed by atoms with van der Waals surface area (Å²) in [5.41, 5.74) is 3.60. The van der Waals surface area contributed by atoms with Crippen molar-refractivity contribution in [2.45, 2.75) is 25.8 Å². The molecule has 2 aliphatic rings. The summed E-state index contributed by atoms with van der Waals surface area (Å²) >= 11 is 0. The van der Waals surface area contributed by atoms with Gasteiger partial charge in [0.1, 0.15) is 5.75 Å². The van der Waals surface area contributed by atoms with Crippen molar-refractivity contribution in [3.05, 3.63) is 54.1 Å². The van der Waals surface area contributed by atoms with E-state index in [0.717, 1.165) is 50.5 Å². The summed E-state index contributed by atoms with van der Waals surface area (Å²) in [7, 11) is 1.69. The van der Waals surface area contributed by atoms with Gasteiger partial charge in [0.05, 0.1) is 13.7 Å². The molecule has 0 aromatic heterocycles. The Morgan fingerprint density at radius 1 is 1.04 bits per heavy atom. The molecule has 1 saturated heterocycles. The predicted molar refractivity (Wildman–Crippen MR) is 113 cm³/mol. The minimum absolute atomic E-state index is 0.220. The molecule has 0 radical (unpaired) electrons. The first-order valence-corrected chi connectivity index (χ1v) is 10.2. The van der Waals surface area contributed by atoms with E-state index in [-0.39, 0.29) is 11.9 Å². The largest absolute Gasteiger partial charge is 0.497 e. The van der Waals surface area contributed by atoms with Gasteiger partial charge in [-0.3, -0.25) is 9.69 Å². The van der Waals surface area contributed by atoms with Crippen LogP contribution in [-0.4, -0.2) is 56.7 Å². The second-order valence-corrected chi connectivity index (χ2v) is 7.74. The van der Waals surface area contributed by atoms with Gasteiger partial charge in [-0.15, -0.1) is 0 Å². The van der Waals surface area contributed by atoms with E-state index in [2.05, 4.69) is 47.1 Å². The zero-order chi connectivity index (χ0) is 19.5. The topological polar surface area (TPSA) is 36.0 Å². The van der Waals surface area contributed by atoms with Gasteiger partial charge in [-0.1, -0.05) is 18.2 Å². The highest BCUT2D eigenvalue weighted by Gasteiger charge is 2.29. The van der Waals surface area contributed by atoms with Crippen molar-refractivity contribution in [2.24, 2.45) is 0 Å². The molecule has 2 aliphatic heterocycles. The zero-order valence-electron chi connectivity index (χ0n) is 16.8. The second kappa shape index (κ2) is 8.23. The van der Waals surface area contributed by atoms with Gasteiger partial charge in [0.25, 0.3) is 0 Å². The molecule has 0 spiro atoms. The monoisotopic (exact) mass is 379 g/mol. The molecule has 2 heterocycles. The molecule has 28 heavy (non-hydrogen) atoms. The first-order valence-electron chi connectivity index (χ1n) is 10.2. The first-order chi connectivity index (χ1) is 13.7.